The van der Waals surface area contributed by atoms with Gasteiger partial charge in [0, 0.05) is 16.7 Å². The molecule has 2 heteroatoms. The van der Waals surface area contributed by atoms with Gasteiger partial charge in [-0.2, -0.15) is 0 Å². The van der Waals surface area contributed by atoms with Crippen LogP contribution < -0.4 is 5.73 Å². The zero-order valence-electron chi connectivity index (χ0n) is 15.4. The first-order chi connectivity index (χ1) is 11.7. The monoisotopic (exact) mass is 331 g/mol. The van der Waals surface area contributed by atoms with E-state index in [2.05, 4.69) is 57.7 Å². The Kier molecular flexibility index (Phi) is 4.21. The van der Waals surface area contributed by atoms with Crippen LogP contribution in [0.2, 0.25) is 0 Å². The molecule has 1 aliphatic carbocycles. The number of rotatable bonds is 1. The molecule has 0 unspecified atom stereocenters. The molecule has 0 saturated heterocycles. The van der Waals surface area contributed by atoms with Crippen molar-refractivity contribution >= 4 is 5.91 Å². The summed E-state index contributed by atoms with van der Waals surface area (Å²) in [6.07, 6.45) is 2.41. The molecular weight excluding hydrogens is 306 g/mol. The minimum atomic E-state index is -0.418. The van der Waals surface area contributed by atoms with E-state index >= 15 is 0 Å². The Balaban J connectivity index is 1.94. The van der Waals surface area contributed by atoms with Crippen LogP contribution in [0.3, 0.4) is 0 Å². The van der Waals surface area contributed by atoms with Crippen LogP contribution in [0.1, 0.15) is 73.1 Å². The fourth-order valence-electron chi connectivity index (χ4n) is 3.53. The summed E-state index contributed by atoms with van der Waals surface area (Å²) in [7, 11) is 0. The highest BCUT2D eigenvalue weighted by Gasteiger charge is 2.36. The van der Waals surface area contributed by atoms with Crippen molar-refractivity contribution in [3.8, 4) is 11.8 Å². The molecule has 2 N–H and O–H groups in total. The Morgan fingerprint density at radius 2 is 1.36 bits per heavy atom. The summed E-state index contributed by atoms with van der Waals surface area (Å²) in [5.74, 6) is 6.02. The summed E-state index contributed by atoms with van der Waals surface area (Å²) in [5, 5.41) is 0. The van der Waals surface area contributed by atoms with Gasteiger partial charge in [-0.1, -0.05) is 45.6 Å². The van der Waals surface area contributed by atoms with E-state index in [4.69, 9.17) is 5.73 Å². The summed E-state index contributed by atoms with van der Waals surface area (Å²) < 4.78 is 0. The predicted molar refractivity (Wildman–Crippen MR) is 103 cm³/mol. The highest BCUT2D eigenvalue weighted by atomic mass is 16.1. The third kappa shape index (κ3) is 3.46. The normalized spacial score (nSPS) is 17.1. The number of carbonyl (C=O) groups excluding carboxylic acids is 1. The fourth-order valence-corrected chi connectivity index (χ4v) is 3.53. The second-order valence-corrected chi connectivity index (χ2v) is 8.22. The van der Waals surface area contributed by atoms with Crippen molar-refractivity contribution in [2.24, 2.45) is 5.73 Å². The Bertz CT molecular complexity index is 877. The maximum absolute atomic E-state index is 11.1. The second-order valence-electron chi connectivity index (χ2n) is 8.22. The topological polar surface area (TPSA) is 43.1 Å². The summed E-state index contributed by atoms with van der Waals surface area (Å²) in [5.41, 5.74) is 10.9. The van der Waals surface area contributed by atoms with Gasteiger partial charge in [-0.25, -0.2) is 0 Å². The number of benzene rings is 2. The van der Waals surface area contributed by atoms with E-state index in [0.29, 0.717) is 5.56 Å². The molecule has 2 aromatic rings. The Morgan fingerprint density at radius 1 is 0.840 bits per heavy atom. The summed E-state index contributed by atoms with van der Waals surface area (Å²) in [4.78, 5) is 11.1. The standard InChI is InChI=1S/C23H25NO/c1-22(2)13-14-23(3,4)20-15-17(9-12-19(20)22)6-5-16-7-10-18(11-8-16)21(24)25/h7-12,15H,13-14H2,1-4H3,(H2,24,25). The number of amides is 1. The van der Waals surface area contributed by atoms with E-state index in [1.165, 1.54) is 24.0 Å². The van der Waals surface area contributed by atoms with Crippen molar-refractivity contribution in [3.63, 3.8) is 0 Å². The first kappa shape index (κ1) is 17.3. The average molecular weight is 331 g/mol. The van der Waals surface area contributed by atoms with Crippen molar-refractivity contribution < 1.29 is 4.79 Å². The molecule has 0 heterocycles. The van der Waals surface area contributed by atoms with E-state index < -0.39 is 5.91 Å². The number of primary amides is 1. The van der Waals surface area contributed by atoms with Gasteiger partial charge in [0.1, 0.15) is 0 Å². The van der Waals surface area contributed by atoms with Crippen LogP contribution in [0, 0.1) is 11.8 Å². The van der Waals surface area contributed by atoms with E-state index in [9.17, 15) is 4.79 Å². The first-order valence-corrected chi connectivity index (χ1v) is 8.76. The molecule has 0 bridgehead atoms. The van der Waals surface area contributed by atoms with Crippen LogP contribution in [-0.2, 0) is 10.8 Å². The number of carbonyl (C=O) groups is 1. The molecule has 3 rings (SSSR count). The summed E-state index contributed by atoms with van der Waals surface area (Å²) in [6, 6.07) is 13.7. The molecule has 2 nitrogen and oxygen atoms in total. The van der Waals surface area contributed by atoms with E-state index in [-0.39, 0.29) is 10.8 Å². The van der Waals surface area contributed by atoms with E-state index in [1.807, 2.05) is 12.1 Å². The van der Waals surface area contributed by atoms with Gasteiger partial charge in [-0.15, -0.1) is 0 Å². The van der Waals surface area contributed by atoms with Crippen LogP contribution in [0.4, 0.5) is 0 Å². The van der Waals surface area contributed by atoms with Crippen molar-refractivity contribution in [1.82, 2.24) is 0 Å². The highest BCUT2D eigenvalue weighted by Crippen LogP contribution is 2.45. The maximum Gasteiger partial charge on any atom is 0.248 e. The van der Waals surface area contributed by atoms with Crippen LogP contribution in [-0.4, -0.2) is 5.91 Å². The lowest BCUT2D eigenvalue weighted by atomic mass is 9.63. The molecule has 0 atom stereocenters. The SMILES string of the molecule is CC1(C)CCC(C)(C)c2cc(C#Cc3ccc(C(N)=O)cc3)ccc21. The van der Waals surface area contributed by atoms with Gasteiger partial charge in [0.2, 0.25) is 5.91 Å². The molecule has 0 spiro atoms. The fraction of sp³-hybridized carbons (Fsp3) is 0.348. The molecule has 1 amide bonds. The number of hydrogen-bond acceptors (Lipinski definition) is 1. The zero-order valence-corrected chi connectivity index (χ0v) is 15.4. The lowest BCUT2D eigenvalue weighted by Crippen LogP contribution is -2.33. The minimum Gasteiger partial charge on any atom is -0.366 e. The van der Waals surface area contributed by atoms with Gasteiger partial charge < -0.3 is 5.73 Å². The number of nitrogens with two attached hydrogens (primary N) is 1. The van der Waals surface area contributed by atoms with Crippen LogP contribution in [0.15, 0.2) is 42.5 Å². The molecule has 0 aliphatic heterocycles. The smallest absolute Gasteiger partial charge is 0.248 e. The van der Waals surface area contributed by atoms with Gasteiger partial charge >= 0.3 is 0 Å². The van der Waals surface area contributed by atoms with Gasteiger partial charge in [0.25, 0.3) is 0 Å². The van der Waals surface area contributed by atoms with Crippen molar-refractivity contribution in [2.45, 2.75) is 51.4 Å². The lowest BCUT2D eigenvalue weighted by Gasteiger charge is -2.41. The molecule has 1 aliphatic rings. The van der Waals surface area contributed by atoms with E-state index in [1.54, 1.807) is 12.1 Å². The molecule has 128 valence electrons. The minimum absolute atomic E-state index is 0.186. The Labute approximate surface area is 150 Å². The van der Waals surface area contributed by atoms with Crippen LogP contribution in [0.25, 0.3) is 0 Å². The summed E-state index contributed by atoms with van der Waals surface area (Å²) >= 11 is 0. The molecule has 0 fully saturated rings. The third-order valence-corrected chi connectivity index (χ3v) is 5.37. The highest BCUT2D eigenvalue weighted by molar-refractivity contribution is 5.92. The average Bonchev–Trinajstić information content (AvgIpc) is 2.57. The molecular formula is C23H25NO. The van der Waals surface area contributed by atoms with Gasteiger partial charge in [0.05, 0.1) is 0 Å². The van der Waals surface area contributed by atoms with Gasteiger partial charge in [-0.3, -0.25) is 4.79 Å². The quantitative estimate of drug-likeness (QED) is 0.766. The van der Waals surface area contributed by atoms with Crippen molar-refractivity contribution in [1.29, 1.82) is 0 Å². The molecule has 0 saturated carbocycles. The van der Waals surface area contributed by atoms with Crippen LogP contribution >= 0.6 is 0 Å². The Hall–Kier alpha value is -2.53. The van der Waals surface area contributed by atoms with E-state index in [0.717, 1.165) is 11.1 Å². The van der Waals surface area contributed by atoms with Crippen molar-refractivity contribution in [3.05, 3.63) is 70.3 Å². The summed E-state index contributed by atoms with van der Waals surface area (Å²) in [6.45, 7) is 9.29. The molecule has 0 radical (unpaired) electrons. The predicted octanol–water partition coefficient (Wildman–Crippen LogP) is 4.53. The Morgan fingerprint density at radius 3 is 1.96 bits per heavy atom. The molecule has 2 aromatic carbocycles. The third-order valence-electron chi connectivity index (χ3n) is 5.37. The first-order valence-electron chi connectivity index (χ1n) is 8.76. The largest absolute Gasteiger partial charge is 0.366 e. The van der Waals surface area contributed by atoms with Gasteiger partial charge in [-0.05, 0) is 71.2 Å². The molecule has 25 heavy (non-hydrogen) atoms. The maximum atomic E-state index is 11.1. The van der Waals surface area contributed by atoms with Crippen LogP contribution in [0.5, 0.6) is 0 Å². The van der Waals surface area contributed by atoms with Gasteiger partial charge in [0.15, 0.2) is 0 Å². The second kappa shape index (κ2) is 6.08. The zero-order chi connectivity index (χ0) is 18.2. The number of fused-ring (bicyclic) bond motifs is 1. The van der Waals surface area contributed by atoms with Crippen molar-refractivity contribution in [2.75, 3.05) is 0 Å². The number of hydrogen-bond donors (Lipinski definition) is 1. The lowest BCUT2D eigenvalue weighted by molar-refractivity contribution is 0.100. The molecule has 0 aromatic heterocycles.